The van der Waals surface area contributed by atoms with E-state index >= 15 is 0 Å². The molecule has 0 amide bonds. The number of ether oxygens (including phenoxy) is 1. The summed E-state index contributed by atoms with van der Waals surface area (Å²) in [5, 5.41) is 11.9. The third-order valence-corrected chi connectivity index (χ3v) is 3.46. The second-order valence-corrected chi connectivity index (χ2v) is 4.63. The molecule has 92 valence electrons. The Morgan fingerprint density at radius 1 is 1.28 bits per heavy atom. The second-order valence-electron chi connectivity index (χ2n) is 3.68. The number of carboxylic acid groups (broad SMARTS) is 1. The summed E-state index contributed by atoms with van der Waals surface area (Å²) in [6.07, 6.45) is 3.64. The van der Waals surface area contributed by atoms with E-state index in [0.29, 0.717) is 5.75 Å². The topological polar surface area (TPSA) is 46.5 Å². The fourth-order valence-corrected chi connectivity index (χ4v) is 2.52. The first-order chi connectivity index (χ1) is 8.24. The molecule has 1 aliphatic heterocycles. The Morgan fingerprint density at radius 3 is 2.89 bits per heavy atom. The Bertz CT molecular complexity index is 718. The van der Waals surface area contributed by atoms with Crippen molar-refractivity contribution in [1.29, 1.82) is 0 Å². The normalized spacial score (nSPS) is 11.6. The zero-order chi connectivity index (χ0) is 11.8. The highest BCUT2D eigenvalue weighted by molar-refractivity contribution is 7.07. The predicted molar refractivity (Wildman–Crippen MR) is 72.9 cm³/mol. The summed E-state index contributed by atoms with van der Waals surface area (Å²) in [4.78, 5) is 10.9. The van der Waals surface area contributed by atoms with E-state index in [-0.39, 0.29) is 18.0 Å². The van der Waals surface area contributed by atoms with Crippen molar-refractivity contribution >= 4 is 42.1 Å². The van der Waals surface area contributed by atoms with Crippen molar-refractivity contribution in [3.63, 3.8) is 0 Å². The monoisotopic (exact) mass is 280 g/mol. The van der Waals surface area contributed by atoms with Crippen LogP contribution in [0.25, 0.3) is 12.3 Å². The largest absolute Gasteiger partial charge is 0.478 e. The number of hydrogen-bond acceptors (Lipinski definition) is 3. The van der Waals surface area contributed by atoms with Gasteiger partial charge in [-0.1, -0.05) is 0 Å². The maximum atomic E-state index is 10.9. The maximum Gasteiger partial charge on any atom is 0.335 e. The number of benzene rings is 1. The highest BCUT2D eigenvalue weighted by atomic mass is 35.5. The summed E-state index contributed by atoms with van der Waals surface area (Å²) in [7, 11) is 0. The lowest BCUT2D eigenvalue weighted by Gasteiger charge is -2.04. The molecule has 3 rings (SSSR count). The van der Waals surface area contributed by atoms with Crippen molar-refractivity contribution < 1.29 is 14.6 Å². The summed E-state index contributed by atoms with van der Waals surface area (Å²) >= 11 is 1.60. The summed E-state index contributed by atoms with van der Waals surface area (Å²) in [6, 6.07) is 6.82. The molecule has 0 saturated carbocycles. The number of aromatic carboxylic acids is 1. The number of hydrogen-bond donors (Lipinski definition) is 1. The molecule has 0 radical (unpaired) electrons. The fraction of sp³-hybridized carbons (Fsp3) is 0. The van der Waals surface area contributed by atoms with Crippen molar-refractivity contribution in [2.24, 2.45) is 0 Å². The summed E-state index contributed by atoms with van der Waals surface area (Å²) in [6.45, 7) is 0. The summed E-state index contributed by atoms with van der Waals surface area (Å²) in [5.74, 6) is -0.251. The van der Waals surface area contributed by atoms with E-state index in [1.807, 2.05) is 17.5 Å². The fourth-order valence-electron chi connectivity index (χ4n) is 1.72. The van der Waals surface area contributed by atoms with Crippen LogP contribution in [-0.2, 0) is 0 Å². The zero-order valence-corrected chi connectivity index (χ0v) is 10.8. The van der Waals surface area contributed by atoms with Crippen LogP contribution in [0.15, 0.2) is 29.6 Å². The van der Waals surface area contributed by atoms with E-state index in [2.05, 4.69) is 0 Å². The van der Waals surface area contributed by atoms with Crippen LogP contribution in [0.3, 0.4) is 0 Å². The van der Waals surface area contributed by atoms with Crippen molar-refractivity contribution in [2.75, 3.05) is 0 Å². The molecule has 0 saturated heterocycles. The third-order valence-electron chi connectivity index (χ3n) is 2.58. The van der Waals surface area contributed by atoms with E-state index in [9.17, 15) is 4.79 Å². The number of rotatable bonds is 1. The molecular weight excluding hydrogens is 272 g/mol. The minimum absolute atomic E-state index is 0. The van der Waals surface area contributed by atoms with E-state index in [4.69, 9.17) is 9.84 Å². The summed E-state index contributed by atoms with van der Waals surface area (Å²) < 4.78 is 6.60. The lowest BCUT2D eigenvalue weighted by molar-refractivity contribution is 0.0697. The Morgan fingerprint density at radius 2 is 2.11 bits per heavy atom. The van der Waals surface area contributed by atoms with Crippen LogP contribution in [0.5, 0.6) is 5.75 Å². The molecule has 1 aromatic heterocycles. The summed E-state index contributed by atoms with van der Waals surface area (Å²) in [5.41, 5.74) is 1.06. The molecule has 0 unspecified atom stereocenters. The third kappa shape index (κ3) is 2.12. The minimum atomic E-state index is -0.930. The lowest BCUT2D eigenvalue weighted by Crippen LogP contribution is -2.17. The molecular formula is C13H9ClO3S. The van der Waals surface area contributed by atoms with Crippen molar-refractivity contribution in [2.45, 2.75) is 0 Å². The Balaban J connectivity index is 0.00000120. The van der Waals surface area contributed by atoms with Crippen LogP contribution in [0.4, 0.5) is 0 Å². The first kappa shape index (κ1) is 12.7. The van der Waals surface area contributed by atoms with Crippen molar-refractivity contribution in [3.05, 3.63) is 50.5 Å². The molecule has 1 N–H and O–H groups in total. The smallest absolute Gasteiger partial charge is 0.335 e. The zero-order valence-electron chi connectivity index (χ0n) is 9.12. The Labute approximate surface area is 113 Å². The van der Waals surface area contributed by atoms with Crippen LogP contribution in [0.1, 0.15) is 15.9 Å². The van der Waals surface area contributed by atoms with Crippen molar-refractivity contribution in [3.8, 4) is 5.75 Å². The number of halogens is 1. The van der Waals surface area contributed by atoms with Gasteiger partial charge >= 0.3 is 5.97 Å². The van der Waals surface area contributed by atoms with Crippen molar-refractivity contribution in [1.82, 2.24) is 0 Å². The first-order valence-corrected chi connectivity index (χ1v) is 5.91. The number of thiophene rings is 1. The average Bonchev–Trinajstić information content (AvgIpc) is 2.68. The predicted octanol–water partition coefficient (Wildman–Crippen LogP) is 1.83. The molecule has 2 heterocycles. The number of carbonyl (C=O) groups is 1. The van der Waals surface area contributed by atoms with E-state index < -0.39 is 5.97 Å². The van der Waals surface area contributed by atoms with E-state index in [0.717, 1.165) is 15.3 Å². The molecule has 1 aromatic carbocycles. The lowest BCUT2D eigenvalue weighted by atomic mass is 10.1. The van der Waals surface area contributed by atoms with Gasteiger partial charge in [0.2, 0.25) is 0 Å². The molecule has 0 atom stereocenters. The van der Waals surface area contributed by atoms with Gasteiger partial charge in [-0.2, -0.15) is 0 Å². The van der Waals surface area contributed by atoms with E-state index in [1.54, 1.807) is 35.8 Å². The molecule has 0 aliphatic carbocycles. The number of fused-ring (bicyclic) bond motifs is 2. The Kier molecular flexibility index (Phi) is 3.41. The van der Waals surface area contributed by atoms with Gasteiger partial charge in [-0.25, -0.2) is 4.79 Å². The SMILES string of the molecule is Cl.O=C(O)c1ccc2c(c1)C=c1sccc1=CO2. The number of carboxylic acids is 1. The van der Waals surface area contributed by atoms with Gasteiger partial charge in [-0.05, 0) is 35.7 Å². The van der Waals surface area contributed by atoms with E-state index in [1.165, 1.54) is 0 Å². The molecule has 0 fully saturated rings. The molecule has 1 aliphatic rings. The molecule has 0 bridgehead atoms. The van der Waals surface area contributed by atoms with Crippen LogP contribution >= 0.6 is 23.7 Å². The van der Waals surface area contributed by atoms with Gasteiger partial charge in [0, 0.05) is 15.3 Å². The van der Waals surface area contributed by atoms with Gasteiger partial charge in [-0.15, -0.1) is 23.7 Å². The van der Waals surface area contributed by atoms with Gasteiger partial charge in [0.25, 0.3) is 0 Å². The van der Waals surface area contributed by atoms with Crippen LogP contribution in [0, 0.1) is 0 Å². The van der Waals surface area contributed by atoms with Crippen LogP contribution in [0.2, 0.25) is 0 Å². The van der Waals surface area contributed by atoms with Gasteiger partial charge in [0.05, 0.1) is 11.8 Å². The quantitative estimate of drug-likeness (QED) is 0.867. The van der Waals surface area contributed by atoms with Gasteiger partial charge in [0.1, 0.15) is 5.75 Å². The van der Waals surface area contributed by atoms with Crippen LogP contribution < -0.4 is 14.5 Å². The van der Waals surface area contributed by atoms with Gasteiger partial charge < -0.3 is 9.84 Å². The average molecular weight is 281 g/mol. The highest BCUT2D eigenvalue weighted by Gasteiger charge is 2.09. The molecule has 2 aromatic rings. The molecule has 0 spiro atoms. The Hall–Kier alpha value is -1.78. The maximum absolute atomic E-state index is 10.9. The second kappa shape index (κ2) is 4.84. The minimum Gasteiger partial charge on any atom is -0.478 e. The van der Waals surface area contributed by atoms with Crippen LogP contribution in [-0.4, -0.2) is 11.1 Å². The van der Waals surface area contributed by atoms with Gasteiger partial charge in [0.15, 0.2) is 0 Å². The highest BCUT2D eigenvalue weighted by Crippen LogP contribution is 2.22. The standard InChI is InChI=1S/C13H8O3S.ClH/c14-13(15)8-1-2-11-10(5-8)6-12-9(7-16-11)3-4-17-12;/h1-7H,(H,14,15);1H. The molecule has 3 nitrogen and oxygen atoms in total. The molecule has 5 heteroatoms. The van der Waals surface area contributed by atoms with Gasteiger partial charge in [-0.3, -0.25) is 0 Å². The first-order valence-electron chi connectivity index (χ1n) is 5.03. The molecule has 18 heavy (non-hydrogen) atoms.